The van der Waals surface area contributed by atoms with Crippen molar-refractivity contribution in [2.24, 2.45) is 0 Å². The number of aliphatic hydroxyl groups excluding tert-OH is 2. The van der Waals surface area contributed by atoms with E-state index in [9.17, 15) is 8.42 Å². The number of anilines is 1. The van der Waals surface area contributed by atoms with Crippen LogP contribution in [0.5, 0.6) is 0 Å². The number of hydrogen-bond acceptors (Lipinski definition) is 6. The Kier molecular flexibility index (Phi) is 4.82. The van der Waals surface area contributed by atoms with Crippen molar-refractivity contribution in [3.05, 3.63) is 18.3 Å². The molecule has 0 unspecified atom stereocenters. The molecule has 1 aromatic heterocycles. The molecule has 4 N–H and O–H groups in total. The minimum absolute atomic E-state index is 0.0355. The lowest BCUT2D eigenvalue weighted by Crippen LogP contribution is -2.36. The Morgan fingerprint density at radius 3 is 2.35 bits per heavy atom. The quantitative estimate of drug-likeness (QED) is 0.582. The van der Waals surface area contributed by atoms with Crippen LogP contribution in [0.4, 0.5) is 5.69 Å². The number of nitrogens with two attached hydrogens (primary N) is 1. The third kappa shape index (κ3) is 3.13. The van der Waals surface area contributed by atoms with Gasteiger partial charge in [0.15, 0.2) is 5.03 Å². The van der Waals surface area contributed by atoms with Crippen LogP contribution in [-0.2, 0) is 10.0 Å². The van der Waals surface area contributed by atoms with Crippen LogP contribution in [0.15, 0.2) is 23.4 Å². The normalized spacial score (nSPS) is 11.9. The highest BCUT2D eigenvalue weighted by atomic mass is 32.2. The monoisotopic (exact) mass is 261 g/mol. The summed E-state index contributed by atoms with van der Waals surface area (Å²) < 4.78 is 25.1. The number of aliphatic hydroxyl groups is 2. The van der Waals surface area contributed by atoms with Crippen molar-refractivity contribution in [2.75, 3.05) is 32.0 Å². The van der Waals surface area contributed by atoms with E-state index in [1.54, 1.807) is 0 Å². The molecule has 0 radical (unpaired) electrons. The van der Waals surface area contributed by atoms with Gasteiger partial charge in [-0.15, -0.1) is 0 Å². The zero-order valence-corrected chi connectivity index (χ0v) is 9.97. The first-order valence-electron chi connectivity index (χ1n) is 4.96. The van der Waals surface area contributed by atoms with E-state index in [4.69, 9.17) is 15.9 Å². The van der Waals surface area contributed by atoms with E-state index in [0.29, 0.717) is 0 Å². The van der Waals surface area contributed by atoms with Crippen LogP contribution in [0.25, 0.3) is 0 Å². The number of sulfonamides is 1. The van der Waals surface area contributed by atoms with Crippen LogP contribution in [-0.4, -0.2) is 54.2 Å². The summed E-state index contributed by atoms with van der Waals surface area (Å²) in [4.78, 5) is 3.72. The first-order chi connectivity index (χ1) is 8.04. The minimum atomic E-state index is -3.88. The molecular weight excluding hydrogens is 246 g/mol. The van der Waals surface area contributed by atoms with Crippen LogP contribution < -0.4 is 5.73 Å². The van der Waals surface area contributed by atoms with Crippen molar-refractivity contribution in [1.82, 2.24) is 9.29 Å². The summed E-state index contributed by atoms with van der Waals surface area (Å²) >= 11 is 0. The van der Waals surface area contributed by atoms with Crippen LogP contribution in [0.2, 0.25) is 0 Å². The smallest absolute Gasteiger partial charge is 0.262 e. The second kappa shape index (κ2) is 5.92. The van der Waals surface area contributed by atoms with Crippen LogP contribution in [0.1, 0.15) is 0 Å². The fourth-order valence-corrected chi connectivity index (χ4v) is 2.76. The Labute approximate surface area is 99.6 Å². The molecule has 0 spiro atoms. The Hall–Kier alpha value is -1.22. The molecule has 1 aromatic rings. The average molecular weight is 261 g/mol. The molecule has 1 rings (SSSR count). The second-order valence-corrected chi connectivity index (χ2v) is 5.10. The number of rotatable bonds is 6. The lowest BCUT2D eigenvalue weighted by atomic mass is 10.4. The summed E-state index contributed by atoms with van der Waals surface area (Å²) in [5.41, 5.74) is 5.58. The maximum Gasteiger partial charge on any atom is 0.262 e. The third-order valence-corrected chi connectivity index (χ3v) is 3.96. The molecule has 0 bridgehead atoms. The number of hydrogen-bond donors (Lipinski definition) is 3. The molecule has 0 amide bonds. The van der Waals surface area contributed by atoms with Gasteiger partial charge in [-0.1, -0.05) is 0 Å². The lowest BCUT2D eigenvalue weighted by molar-refractivity contribution is 0.217. The molecule has 0 aliphatic heterocycles. The molecule has 0 fully saturated rings. The molecule has 17 heavy (non-hydrogen) atoms. The lowest BCUT2D eigenvalue weighted by Gasteiger charge is -2.20. The van der Waals surface area contributed by atoms with Gasteiger partial charge in [0.1, 0.15) is 0 Å². The van der Waals surface area contributed by atoms with E-state index >= 15 is 0 Å². The second-order valence-electron chi connectivity index (χ2n) is 3.25. The molecule has 1 heterocycles. The summed E-state index contributed by atoms with van der Waals surface area (Å²) in [6, 6.07) is 2.95. The van der Waals surface area contributed by atoms with Crippen molar-refractivity contribution in [1.29, 1.82) is 0 Å². The zero-order chi connectivity index (χ0) is 12.9. The topological polar surface area (TPSA) is 117 Å². The van der Waals surface area contributed by atoms with Gasteiger partial charge in [0.25, 0.3) is 10.0 Å². The molecule has 0 aromatic carbocycles. The standard InChI is InChI=1S/C9H15N3O4S/c10-8-2-1-3-11-9(8)17(15,16)12(4-6-13)5-7-14/h1-3,13-14H,4-7,10H2. The van der Waals surface area contributed by atoms with E-state index in [-0.39, 0.29) is 37.0 Å². The Morgan fingerprint density at radius 2 is 1.88 bits per heavy atom. The van der Waals surface area contributed by atoms with E-state index in [0.717, 1.165) is 4.31 Å². The van der Waals surface area contributed by atoms with Gasteiger partial charge in [-0.05, 0) is 12.1 Å². The molecule has 0 saturated heterocycles. The first kappa shape index (κ1) is 13.8. The number of nitrogens with zero attached hydrogens (tertiary/aromatic N) is 2. The van der Waals surface area contributed by atoms with Crippen molar-refractivity contribution in [3.8, 4) is 0 Å². The molecule has 96 valence electrons. The van der Waals surface area contributed by atoms with Gasteiger partial charge < -0.3 is 15.9 Å². The molecule has 0 saturated carbocycles. The van der Waals surface area contributed by atoms with Crippen LogP contribution in [0.3, 0.4) is 0 Å². The third-order valence-electron chi connectivity index (χ3n) is 2.08. The molecular formula is C9H15N3O4S. The molecule has 0 aliphatic carbocycles. The molecule has 0 atom stereocenters. The van der Waals surface area contributed by atoms with Crippen LogP contribution >= 0.6 is 0 Å². The minimum Gasteiger partial charge on any atom is -0.396 e. The Bertz CT molecular complexity index is 457. The van der Waals surface area contributed by atoms with E-state index < -0.39 is 10.0 Å². The van der Waals surface area contributed by atoms with Gasteiger partial charge in [-0.3, -0.25) is 0 Å². The number of aromatic nitrogens is 1. The van der Waals surface area contributed by atoms with Crippen molar-refractivity contribution in [3.63, 3.8) is 0 Å². The highest BCUT2D eigenvalue weighted by molar-refractivity contribution is 7.89. The van der Waals surface area contributed by atoms with Gasteiger partial charge in [0.05, 0.1) is 18.9 Å². The van der Waals surface area contributed by atoms with Gasteiger partial charge in [-0.25, -0.2) is 13.4 Å². The SMILES string of the molecule is Nc1cccnc1S(=O)(=O)N(CCO)CCO. The van der Waals surface area contributed by atoms with Crippen molar-refractivity contribution >= 4 is 15.7 Å². The van der Waals surface area contributed by atoms with Crippen molar-refractivity contribution in [2.45, 2.75) is 5.03 Å². The Balaban J connectivity index is 3.12. The summed E-state index contributed by atoms with van der Waals surface area (Å²) in [7, 11) is -3.88. The highest BCUT2D eigenvalue weighted by Gasteiger charge is 2.26. The summed E-state index contributed by atoms with van der Waals surface area (Å²) in [6.45, 7) is -0.907. The average Bonchev–Trinajstić information content (AvgIpc) is 2.29. The first-order valence-corrected chi connectivity index (χ1v) is 6.40. The zero-order valence-electron chi connectivity index (χ0n) is 9.15. The van der Waals surface area contributed by atoms with Gasteiger partial charge >= 0.3 is 0 Å². The predicted octanol–water partition coefficient (Wildman–Crippen LogP) is -1.36. The summed E-state index contributed by atoms with van der Waals surface area (Å²) in [5, 5.41) is 17.3. The predicted molar refractivity (Wildman–Crippen MR) is 61.6 cm³/mol. The van der Waals surface area contributed by atoms with Crippen LogP contribution in [0, 0.1) is 0 Å². The van der Waals surface area contributed by atoms with Gasteiger partial charge in [-0.2, -0.15) is 4.31 Å². The maximum absolute atomic E-state index is 12.1. The Morgan fingerprint density at radius 1 is 1.29 bits per heavy atom. The van der Waals surface area contributed by atoms with E-state index in [1.165, 1.54) is 18.3 Å². The molecule has 8 heteroatoms. The van der Waals surface area contributed by atoms with Crippen molar-refractivity contribution < 1.29 is 18.6 Å². The van der Waals surface area contributed by atoms with E-state index in [1.807, 2.05) is 0 Å². The highest BCUT2D eigenvalue weighted by Crippen LogP contribution is 2.18. The van der Waals surface area contributed by atoms with E-state index in [2.05, 4.69) is 4.98 Å². The maximum atomic E-state index is 12.1. The number of nitrogen functional groups attached to an aromatic ring is 1. The number of pyridine rings is 1. The fraction of sp³-hybridized carbons (Fsp3) is 0.444. The summed E-state index contributed by atoms with van der Waals surface area (Å²) in [6.07, 6.45) is 1.32. The van der Waals surface area contributed by atoms with Gasteiger partial charge in [0.2, 0.25) is 0 Å². The fourth-order valence-electron chi connectivity index (χ4n) is 1.32. The molecule has 0 aliphatic rings. The van der Waals surface area contributed by atoms with Gasteiger partial charge in [0, 0.05) is 19.3 Å². The summed E-state index contributed by atoms with van der Waals surface area (Å²) in [5.74, 6) is 0. The largest absolute Gasteiger partial charge is 0.396 e. The molecule has 7 nitrogen and oxygen atoms in total.